The van der Waals surface area contributed by atoms with Crippen molar-refractivity contribution in [1.29, 1.82) is 0 Å². The standard InChI is InChI=1S/C12H22N2O3/c1-4-13-7-8(2)10(15)14-12(3,11(16)17)9-5-6-9/h8-9,13H,4-7H2,1-3H3,(H,14,15)(H,16,17). The van der Waals surface area contributed by atoms with Gasteiger partial charge in [0, 0.05) is 12.5 Å². The van der Waals surface area contributed by atoms with Crippen molar-refractivity contribution in [2.75, 3.05) is 13.1 Å². The Morgan fingerprint density at radius 1 is 1.47 bits per heavy atom. The number of carboxylic acids is 1. The fraction of sp³-hybridized carbons (Fsp3) is 0.833. The zero-order valence-electron chi connectivity index (χ0n) is 10.7. The van der Waals surface area contributed by atoms with Crippen molar-refractivity contribution in [2.45, 2.75) is 39.2 Å². The fourth-order valence-electron chi connectivity index (χ4n) is 1.82. The molecule has 2 unspecified atom stereocenters. The van der Waals surface area contributed by atoms with Crippen molar-refractivity contribution >= 4 is 11.9 Å². The summed E-state index contributed by atoms with van der Waals surface area (Å²) < 4.78 is 0. The second kappa shape index (κ2) is 5.49. The summed E-state index contributed by atoms with van der Waals surface area (Å²) in [6, 6.07) is 0. The van der Waals surface area contributed by atoms with Gasteiger partial charge in [-0.05, 0) is 32.2 Å². The van der Waals surface area contributed by atoms with Gasteiger partial charge in [0.2, 0.25) is 5.91 Å². The maximum Gasteiger partial charge on any atom is 0.329 e. The van der Waals surface area contributed by atoms with Crippen LogP contribution in [0.15, 0.2) is 0 Å². The zero-order chi connectivity index (χ0) is 13.1. The number of carbonyl (C=O) groups excluding carboxylic acids is 1. The number of carbonyl (C=O) groups is 2. The van der Waals surface area contributed by atoms with Gasteiger partial charge < -0.3 is 15.7 Å². The smallest absolute Gasteiger partial charge is 0.329 e. The first-order valence-corrected chi connectivity index (χ1v) is 6.18. The van der Waals surface area contributed by atoms with Gasteiger partial charge in [0.15, 0.2) is 0 Å². The minimum Gasteiger partial charge on any atom is -0.480 e. The normalized spacial score (nSPS) is 20.4. The first-order chi connectivity index (χ1) is 7.91. The van der Waals surface area contributed by atoms with E-state index in [1.807, 2.05) is 6.92 Å². The first-order valence-electron chi connectivity index (χ1n) is 6.18. The molecule has 0 aromatic carbocycles. The number of hydrogen-bond acceptors (Lipinski definition) is 3. The molecule has 2 atom stereocenters. The quantitative estimate of drug-likeness (QED) is 0.611. The molecule has 17 heavy (non-hydrogen) atoms. The summed E-state index contributed by atoms with van der Waals surface area (Å²) in [7, 11) is 0. The Morgan fingerprint density at radius 3 is 2.47 bits per heavy atom. The van der Waals surface area contributed by atoms with Gasteiger partial charge in [-0.25, -0.2) is 4.79 Å². The number of rotatable bonds is 7. The predicted octanol–water partition coefficient (Wildman–Crippen LogP) is 0.601. The molecule has 1 amide bonds. The Balaban J connectivity index is 2.55. The molecular formula is C12H22N2O3. The van der Waals surface area contributed by atoms with Crippen LogP contribution in [0.1, 0.15) is 33.6 Å². The average molecular weight is 242 g/mol. The van der Waals surface area contributed by atoms with E-state index < -0.39 is 11.5 Å². The van der Waals surface area contributed by atoms with Crippen LogP contribution in [0.25, 0.3) is 0 Å². The molecule has 0 aromatic heterocycles. The summed E-state index contributed by atoms with van der Waals surface area (Å²) in [4.78, 5) is 23.1. The molecule has 1 aliphatic carbocycles. The largest absolute Gasteiger partial charge is 0.480 e. The molecule has 1 aliphatic rings. The molecule has 1 saturated carbocycles. The van der Waals surface area contributed by atoms with Gasteiger partial charge in [-0.15, -0.1) is 0 Å². The van der Waals surface area contributed by atoms with E-state index in [9.17, 15) is 14.7 Å². The van der Waals surface area contributed by atoms with Gasteiger partial charge in [-0.1, -0.05) is 13.8 Å². The molecule has 1 rings (SSSR count). The van der Waals surface area contributed by atoms with Crippen molar-refractivity contribution in [3.8, 4) is 0 Å². The van der Waals surface area contributed by atoms with Gasteiger partial charge in [0.05, 0.1) is 0 Å². The Bertz CT molecular complexity index is 302. The number of aliphatic carboxylic acids is 1. The molecule has 1 fully saturated rings. The van der Waals surface area contributed by atoms with Gasteiger partial charge in [0.25, 0.3) is 0 Å². The summed E-state index contributed by atoms with van der Waals surface area (Å²) in [6.07, 6.45) is 1.76. The lowest BCUT2D eigenvalue weighted by Crippen LogP contribution is -2.56. The lowest BCUT2D eigenvalue weighted by molar-refractivity contribution is -0.148. The van der Waals surface area contributed by atoms with Crippen LogP contribution in [-0.2, 0) is 9.59 Å². The van der Waals surface area contributed by atoms with E-state index in [1.165, 1.54) is 0 Å². The highest BCUT2D eigenvalue weighted by Gasteiger charge is 2.48. The summed E-state index contributed by atoms with van der Waals surface area (Å²) in [5, 5.41) is 15.0. The zero-order valence-corrected chi connectivity index (χ0v) is 10.7. The number of amides is 1. The van der Waals surface area contributed by atoms with Gasteiger partial charge in [0.1, 0.15) is 5.54 Å². The SMILES string of the molecule is CCNCC(C)C(=O)NC(C)(C(=O)O)C1CC1. The van der Waals surface area contributed by atoms with Crippen molar-refractivity contribution in [3.63, 3.8) is 0 Å². The summed E-state index contributed by atoms with van der Waals surface area (Å²) in [6.45, 7) is 6.74. The van der Waals surface area contributed by atoms with E-state index in [1.54, 1.807) is 13.8 Å². The average Bonchev–Trinajstić information content (AvgIpc) is 3.09. The predicted molar refractivity (Wildman–Crippen MR) is 64.6 cm³/mol. The Kier molecular flexibility index (Phi) is 4.51. The molecule has 0 bridgehead atoms. The maximum atomic E-state index is 11.9. The Morgan fingerprint density at radius 2 is 2.06 bits per heavy atom. The molecule has 0 spiro atoms. The van der Waals surface area contributed by atoms with E-state index in [0.29, 0.717) is 6.54 Å². The highest BCUT2D eigenvalue weighted by atomic mass is 16.4. The highest BCUT2D eigenvalue weighted by Crippen LogP contribution is 2.39. The Hall–Kier alpha value is -1.10. The van der Waals surface area contributed by atoms with Crippen LogP contribution in [0.4, 0.5) is 0 Å². The lowest BCUT2D eigenvalue weighted by atomic mass is 9.95. The van der Waals surface area contributed by atoms with Crippen LogP contribution in [0.3, 0.4) is 0 Å². The number of carboxylic acid groups (broad SMARTS) is 1. The molecule has 5 heteroatoms. The van der Waals surface area contributed by atoms with E-state index in [2.05, 4.69) is 10.6 Å². The van der Waals surface area contributed by atoms with Crippen LogP contribution >= 0.6 is 0 Å². The molecule has 5 nitrogen and oxygen atoms in total. The maximum absolute atomic E-state index is 11.9. The van der Waals surface area contributed by atoms with Crippen LogP contribution in [-0.4, -0.2) is 35.6 Å². The van der Waals surface area contributed by atoms with E-state index in [0.717, 1.165) is 19.4 Å². The first kappa shape index (κ1) is 14.0. The summed E-state index contributed by atoms with van der Waals surface area (Å²) in [5.74, 6) is -1.27. The van der Waals surface area contributed by atoms with E-state index >= 15 is 0 Å². The van der Waals surface area contributed by atoms with Crippen molar-refractivity contribution in [2.24, 2.45) is 11.8 Å². The monoisotopic (exact) mass is 242 g/mol. The highest BCUT2D eigenvalue weighted by molar-refractivity contribution is 5.88. The second-order valence-electron chi connectivity index (χ2n) is 4.98. The summed E-state index contributed by atoms with van der Waals surface area (Å²) in [5.41, 5.74) is -1.10. The van der Waals surface area contributed by atoms with Gasteiger partial charge >= 0.3 is 5.97 Å². The third-order valence-electron chi connectivity index (χ3n) is 3.37. The fourth-order valence-corrected chi connectivity index (χ4v) is 1.82. The molecular weight excluding hydrogens is 220 g/mol. The molecule has 0 radical (unpaired) electrons. The third kappa shape index (κ3) is 3.43. The third-order valence-corrected chi connectivity index (χ3v) is 3.37. The molecule has 0 heterocycles. The lowest BCUT2D eigenvalue weighted by Gasteiger charge is -2.27. The topological polar surface area (TPSA) is 78.4 Å². The van der Waals surface area contributed by atoms with Gasteiger partial charge in [-0.3, -0.25) is 4.79 Å². The minimum atomic E-state index is -1.10. The number of hydrogen-bond donors (Lipinski definition) is 3. The molecule has 0 aromatic rings. The van der Waals surface area contributed by atoms with Crippen molar-refractivity contribution < 1.29 is 14.7 Å². The molecule has 3 N–H and O–H groups in total. The van der Waals surface area contributed by atoms with Gasteiger partial charge in [-0.2, -0.15) is 0 Å². The van der Waals surface area contributed by atoms with Crippen molar-refractivity contribution in [3.05, 3.63) is 0 Å². The van der Waals surface area contributed by atoms with Crippen LogP contribution in [0.2, 0.25) is 0 Å². The minimum absolute atomic E-state index is 0.0790. The number of nitrogens with one attached hydrogen (secondary N) is 2. The second-order valence-corrected chi connectivity index (χ2v) is 4.98. The van der Waals surface area contributed by atoms with Crippen LogP contribution in [0.5, 0.6) is 0 Å². The Labute approximate surface area is 102 Å². The van der Waals surface area contributed by atoms with E-state index in [4.69, 9.17) is 0 Å². The molecule has 98 valence electrons. The summed E-state index contributed by atoms with van der Waals surface area (Å²) >= 11 is 0. The van der Waals surface area contributed by atoms with Crippen molar-refractivity contribution in [1.82, 2.24) is 10.6 Å². The molecule has 0 saturated heterocycles. The van der Waals surface area contributed by atoms with E-state index in [-0.39, 0.29) is 17.7 Å². The van der Waals surface area contributed by atoms with Crippen LogP contribution < -0.4 is 10.6 Å². The van der Waals surface area contributed by atoms with Crippen LogP contribution in [0, 0.1) is 11.8 Å². The molecule has 0 aliphatic heterocycles.